The van der Waals surface area contributed by atoms with Crippen LogP contribution in [0.2, 0.25) is 0 Å². The third kappa shape index (κ3) is 7.97. The van der Waals surface area contributed by atoms with E-state index in [1.54, 1.807) is 0 Å². The van der Waals surface area contributed by atoms with Gasteiger partial charge < -0.3 is 9.47 Å². The zero-order chi connectivity index (χ0) is 35.7. The van der Waals surface area contributed by atoms with Crippen molar-refractivity contribution in [3.63, 3.8) is 0 Å². The summed E-state index contributed by atoms with van der Waals surface area (Å²) in [7, 11) is 0. The Kier molecular flexibility index (Phi) is 11.4. The maximum absolute atomic E-state index is 6.13. The van der Waals surface area contributed by atoms with E-state index in [2.05, 4.69) is 117 Å². The fraction of sp³-hybridized carbons (Fsp3) is 0.292. The van der Waals surface area contributed by atoms with Crippen LogP contribution in [0.25, 0.3) is 43.4 Å². The van der Waals surface area contributed by atoms with Crippen molar-refractivity contribution >= 4 is 43.7 Å². The van der Waals surface area contributed by atoms with Gasteiger partial charge in [0.05, 0.1) is 24.6 Å². The van der Waals surface area contributed by atoms with Gasteiger partial charge in [-0.25, -0.2) is 0 Å². The van der Waals surface area contributed by atoms with Gasteiger partial charge in [0.2, 0.25) is 0 Å². The Morgan fingerprint density at radius 1 is 0.481 bits per heavy atom. The first-order chi connectivity index (χ1) is 25.6. The summed E-state index contributed by atoms with van der Waals surface area (Å²) in [6.07, 6.45) is 9.73. The van der Waals surface area contributed by atoms with E-state index in [1.165, 1.54) is 79.4 Å². The molecule has 7 aromatic rings. The summed E-state index contributed by atoms with van der Waals surface area (Å²) >= 11 is 0. The first-order valence-corrected chi connectivity index (χ1v) is 19.3. The molecule has 0 bridgehead atoms. The van der Waals surface area contributed by atoms with E-state index in [9.17, 15) is 0 Å². The minimum Gasteiger partial charge on any atom is -0.494 e. The summed E-state index contributed by atoms with van der Waals surface area (Å²) in [5.41, 5.74) is 8.02. The van der Waals surface area contributed by atoms with Crippen molar-refractivity contribution in [3.8, 4) is 22.6 Å². The molecule has 0 unspecified atom stereocenters. The van der Waals surface area contributed by atoms with E-state index < -0.39 is 0 Å². The second kappa shape index (κ2) is 16.9. The van der Waals surface area contributed by atoms with E-state index in [1.807, 2.05) is 24.3 Å². The molecule has 0 aliphatic heterocycles. The van der Waals surface area contributed by atoms with Crippen molar-refractivity contribution in [3.05, 3.63) is 132 Å². The number of hydrogen-bond acceptors (Lipinski definition) is 4. The molecule has 0 N–H and O–H groups in total. The van der Waals surface area contributed by atoms with Crippen LogP contribution in [0.5, 0.6) is 11.5 Å². The summed E-state index contributed by atoms with van der Waals surface area (Å²) in [5, 5.41) is 17.5. The van der Waals surface area contributed by atoms with Gasteiger partial charge in [-0.2, -0.15) is 5.11 Å². The molecule has 0 aromatic heterocycles. The first kappa shape index (κ1) is 35.2. The minimum absolute atomic E-state index is 0.688. The van der Waals surface area contributed by atoms with Gasteiger partial charge in [-0.1, -0.05) is 107 Å². The predicted octanol–water partition coefficient (Wildman–Crippen LogP) is 14.2. The lowest BCUT2D eigenvalue weighted by atomic mass is 9.91. The van der Waals surface area contributed by atoms with E-state index in [0.717, 1.165) is 68.0 Å². The van der Waals surface area contributed by atoms with Crippen molar-refractivity contribution in [2.75, 3.05) is 13.2 Å². The van der Waals surface area contributed by atoms with Gasteiger partial charge in [-0.05, 0) is 147 Å². The summed E-state index contributed by atoms with van der Waals surface area (Å²) in [6.45, 7) is 8.07. The summed E-state index contributed by atoms with van der Waals surface area (Å²) in [6, 6.07) is 41.2. The fourth-order valence-electron chi connectivity index (χ4n) is 7.39. The molecule has 7 rings (SSSR count). The average molecular weight is 687 g/mol. The van der Waals surface area contributed by atoms with E-state index in [4.69, 9.17) is 14.6 Å². The summed E-state index contributed by atoms with van der Waals surface area (Å²) < 4.78 is 12.1. The topological polar surface area (TPSA) is 43.2 Å². The van der Waals surface area contributed by atoms with Crippen LogP contribution in [0.1, 0.15) is 76.0 Å². The highest BCUT2D eigenvalue weighted by atomic mass is 16.5. The molecule has 0 saturated heterocycles. The Hall–Kier alpha value is -5.22. The van der Waals surface area contributed by atoms with Crippen LogP contribution in [0.3, 0.4) is 0 Å². The molecule has 0 spiro atoms. The van der Waals surface area contributed by atoms with Gasteiger partial charge in [0, 0.05) is 0 Å². The lowest BCUT2D eigenvalue weighted by Gasteiger charge is -2.14. The molecule has 264 valence electrons. The molecule has 0 amide bonds. The molecule has 0 radical (unpaired) electrons. The van der Waals surface area contributed by atoms with Crippen LogP contribution < -0.4 is 9.47 Å². The Balaban J connectivity index is 0.934. The van der Waals surface area contributed by atoms with Gasteiger partial charge in [-0.15, -0.1) is 5.11 Å². The number of rotatable bonds is 17. The Morgan fingerprint density at radius 3 is 1.73 bits per heavy atom. The normalized spacial score (nSPS) is 11.8. The number of azo groups is 1. The van der Waals surface area contributed by atoms with Gasteiger partial charge in [-0.3, -0.25) is 0 Å². The largest absolute Gasteiger partial charge is 0.494 e. The molecular weight excluding hydrogens is 637 g/mol. The number of ether oxygens (including phenoxy) is 2. The number of hydrogen-bond donors (Lipinski definition) is 0. The molecule has 4 heteroatoms. The van der Waals surface area contributed by atoms with E-state index >= 15 is 0 Å². The van der Waals surface area contributed by atoms with Gasteiger partial charge in [0.15, 0.2) is 0 Å². The second-order valence-electron chi connectivity index (χ2n) is 13.9. The first-order valence-electron chi connectivity index (χ1n) is 19.3. The third-order valence-corrected chi connectivity index (χ3v) is 10.3. The van der Waals surface area contributed by atoms with Crippen LogP contribution in [0, 0.1) is 0 Å². The Labute approximate surface area is 308 Å². The highest BCUT2D eigenvalue weighted by molar-refractivity contribution is 6.23. The molecule has 52 heavy (non-hydrogen) atoms. The quantitative estimate of drug-likeness (QED) is 0.0544. The SMILES string of the molecule is CCCCCCOc1ccc(-c2cc(CC)c(N=Nc3ccc(OCCCCc4ccc5ccc6cccc7ccc4c5c67)cc3)c(CC)c2)cc1. The van der Waals surface area contributed by atoms with Crippen molar-refractivity contribution < 1.29 is 9.47 Å². The lowest BCUT2D eigenvalue weighted by Crippen LogP contribution is -1.98. The maximum Gasteiger partial charge on any atom is 0.119 e. The number of unbranched alkanes of at least 4 members (excludes halogenated alkanes) is 4. The average Bonchev–Trinajstić information content (AvgIpc) is 3.19. The number of benzene rings is 7. The molecule has 7 aromatic carbocycles. The molecule has 0 saturated carbocycles. The highest BCUT2D eigenvalue weighted by Gasteiger charge is 2.12. The van der Waals surface area contributed by atoms with Crippen LogP contribution >= 0.6 is 0 Å². The van der Waals surface area contributed by atoms with E-state index in [-0.39, 0.29) is 0 Å². The van der Waals surface area contributed by atoms with Gasteiger partial charge >= 0.3 is 0 Å². The highest BCUT2D eigenvalue weighted by Crippen LogP contribution is 2.37. The minimum atomic E-state index is 0.688. The van der Waals surface area contributed by atoms with Crippen molar-refractivity contribution in [1.29, 1.82) is 0 Å². The lowest BCUT2D eigenvalue weighted by molar-refractivity contribution is 0.305. The van der Waals surface area contributed by atoms with Crippen molar-refractivity contribution in [2.45, 2.75) is 78.6 Å². The third-order valence-electron chi connectivity index (χ3n) is 10.3. The van der Waals surface area contributed by atoms with E-state index in [0.29, 0.717) is 6.61 Å². The molecule has 0 atom stereocenters. The zero-order valence-electron chi connectivity index (χ0n) is 31.0. The smallest absolute Gasteiger partial charge is 0.119 e. The molecule has 0 heterocycles. The standard InChI is InChI=1S/C48H50N2O2/c1-4-7-8-10-30-51-43-25-20-36(21-26-43)41-32-34(5-2)48(35(6-3)33-41)50-49-42-23-27-44(28-24-42)52-31-11-9-13-37-16-17-40-19-18-38-14-12-15-39-22-29-45(37)47(40)46(38)39/h12,14-29,32-33H,4-11,13,30-31H2,1-3H3. The molecule has 0 aliphatic carbocycles. The maximum atomic E-state index is 6.13. The fourth-order valence-corrected chi connectivity index (χ4v) is 7.39. The number of aryl methyl sites for hydroxylation is 3. The predicted molar refractivity (Wildman–Crippen MR) is 219 cm³/mol. The van der Waals surface area contributed by atoms with Crippen LogP contribution in [0.15, 0.2) is 125 Å². The van der Waals surface area contributed by atoms with Crippen molar-refractivity contribution in [2.24, 2.45) is 10.2 Å². The van der Waals surface area contributed by atoms with Gasteiger partial charge in [0.1, 0.15) is 11.5 Å². The molecule has 0 aliphatic rings. The van der Waals surface area contributed by atoms with Crippen LogP contribution in [0.4, 0.5) is 11.4 Å². The molecular formula is C48H50N2O2. The second-order valence-corrected chi connectivity index (χ2v) is 13.9. The van der Waals surface area contributed by atoms with Crippen molar-refractivity contribution in [1.82, 2.24) is 0 Å². The van der Waals surface area contributed by atoms with Crippen LogP contribution in [-0.2, 0) is 19.3 Å². The summed E-state index contributed by atoms with van der Waals surface area (Å²) in [4.78, 5) is 0. The number of nitrogens with zero attached hydrogens (tertiary/aromatic N) is 2. The molecule has 4 nitrogen and oxygen atoms in total. The Morgan fingerprint density at radius 2 is 1.08 bits per heavy atom. The molecule has 0 fully saturated rings. The zero-order valence-corrected chi connectivity index (χ0v) is 31.0. The van der Waals surface area contributed by atoms with Gasteiger partial charge in [0.25, 0.3) is 0 Å². The monoisotopic (exact) mass is 686 g/mol. The Bertz CT molecular complexity index is 2210. The van der Waals surface area contributed by atoms with Crippen LogP contribution in [-0.4, -0.2) is 13.2 Å². The summed E-state index contributed by atoms with van der Waals surface area (Å²) in [5.74, 6) is 1.80.